The average molecular weight is 268 g/mol. The lowest BCUT2D eigenvalue weighted by Crippen LogP contribution is -2.49. The first-order chi connectivity index (χ1) is 8.50. The van der Waals surface area contributed by atoms with Crippen molar-refractivity contribution < 1.29 is 14.7 Å². The van der Waals surface area contributed by atoms with Crippen molar-refractivity contribution in [2.75, 3.05) is 6.54 Å². The highest BCUT2D eigenvalue weighted by Crippen LogP contribution is 2.26. The van der Waals surface area contributed by atoms with Gasteiger partial charge >= 0.3 is 5.97 Å². The second-order valence-electron chi connectivity index (χ2n) is 4.75. The number of amides is 1. The monoisotopic (exact) mass is 268 g/mol. The summed E-state index contributed by atoms with van der Waals surface area (Å²) >= 11 is 1.27. The van der Waals surface area contributed by atoms with E-state index in [1.807, 2.05) is 6.92 Å². The molecule has 0 aromatic carbocycles. The maximum atomic E-state index is 12.3. The zero-order valence-corrected chi connectivity index (χ0v) is 11.2. The van der Waals surface area contributed by atoms with Crippen molar-refractivity contribution in [1.82, 2.24) is 9.88 Å². The Hall–Kier alpha value is -1.43. The van der Waals surface area contributed by atoms with Crippen LogP contribution in [0.5, 0.6) is 0 Å². The zero-order valence-electron chi connectivity index (χ0n) is 10.4. The van der Waals surface area contributed by atoms with E-state index in [9.17, 15) is 14.7 Å². The van der Waals surface area contributed by atoms with Gasteiger partial charge in [-0.1, -0.05) is 6.92 Å². The number of piperidine rings is 1. The van der Waals surface area contributed by atoms with E-state index in [4.69, 9.17) is 0 Å². The summed E-state index contributed by atoms with van der Waals surface area (Å²) in [4.78, 5) is 29.7. The molecule has 6 heteroatoms. The molecule has 1 aliphatic heterocycles. The van der Waals surface area contributed by atoms with E-state index in [0.29, 0.717) is 29.5 Å². The molecular weight excluding hydrogens is 252 g/mol. The predicted octanol–water partition coefficient (Wildman–Crippen LogP) is 1.78. The van der Waals surface area contributed by atoms with Crippen LogP contribution >= 0.6 is 11.3 Å². The minimum atomic E-state index is -0.919. The van der Waals surface area contributed by atoms with Crippen LogP contribution in [0.3, 0.4) is 0 Å². The van der Waals surface area contributed by atoms with Gasteiger partial charge in [-0.05, 0) is 25.7 Å². The molecule has 0 saturated carbocycles. The van der Waals surface area contributed by atoms with Crippen LogP contribution in [0.25, 0.3) is 0 Å². The molecule has 98 valence electrons. The van der Waals surface area contributed by atoms with Crippen LogP contribution in [0.2, 0.25) is 0 Å². The predicted molar refractivity (Wildman–Crippen MR) is 67.7 cm³/mol. The molecule has 1 aliphatic rings. The topological polar surface area (TPSA) is 70.5 Å². The number of carbonyl (C=O) groups is 2. The number of aromatic nitrogens is 1. The molecule has 1 aromatic heterocycles. The molecule has 1 fully saturated rings. The van der Waals surface area contributed by atoms with Gasteiger partial charge in [0.25, 0.3) is 5.91 Å². The lowest BCUT2D eigenvalue weighted by atomic mass is 9.92. The molecule has 1 N–H and O–H groups in total. The fourth-order valence-corrected chi connectivity index (χ4v) is 3.01. The molecule has 5 nitrogen and oxygen atoms in total. The summed E-state index contributed by atoms with van der Waals surface area (Å²) in [7, 11) is 0. The van der Waals surface area contributed by atoms with Crippen LogP contribution in [0.1, 0.15) is 35.1 Å². The molecular formula is C12H16N2O3S. The standard InChI is InChI=1S/C12H16N2O3S/c1-7-3-4-14(9(5-7)12(16)17)11(15)10-8(2)13-6-18-10/h6-7,9H,3-5H2,1-2H3,(H,16,17). The highest BCUT2D eigenvalue weighted by Gasteiger charge is 2.36. The number of nitrogens with zero attached hydrogens (tertiary/aromatic N) is 2. The fourth-order valence-electron chi connectivity index (χ4n) is 2.26. The second-order valence-corrected chi connectivity index (χ2v) is 5.60. The summed E-state index contributed by atoms with van der Waals surface area (Å²) in [5.41, 5.74) is 2.29. The van der Waals surface area contributed by atoms with Crippen molar-refractivity contribution in [1.29, 1.82) is 0 Å². The highest BCUT2D eigenvalue weighted by molar-refractivity contribution is 7.11. The van der Waals surface area contributed by atoms with Gasteiger partial charge in [0.1, 0.15) is 10.9 Å². The van der Waals surface area contributed by atoms with E-state index < -0.39 is 12.0 Å². The largest absolute Gasteiger partial charge is 0.480 e. The number of aryl methyl sites for hydroxylation is 1. The van der Waals surface area contributed by atoms with E-state index in [1.54, 1.807) is 12.4 Å². The Morgan fingerprint density at radius 2 is 2.28 bits per heavy atom. The normalized spacial score (nSPS) is 24.0. The molecule has 0 radical (unpaired) electrons. The first-order valence-electron chi connectivity index (χ1n) is 5.94. The summed E-state index contributed by atoms with van der Waals surface area (Å²) in [5.74, 6) is -0.774. The van der Waals surface area contributed by atoms with Gasteiger partial charge in [-0.3, -0.25) is 4.79 Å². The van der Waals surface area contributed by atoms with Gasteiger partial charge in [0.15, 0.2) is 0 Å². The number of likely N-dealkylation sites (tertiary alicyclic amines) is 1. The van der Waals surface area contributed by atoms with E-state index in [1.165, 1.54) is 16.2 Å². The third-order valence-electron chi connectivity index (χ3n) is 3.35. The Labute approximate surface area is 109 Å². The number of carboxylic acids is 1. The smallest absolute Gasteiger partial charge is 0.326 e. The Morgan fingerprint density at radius 1 is 1.56 bits per heavy atom. The second kappa shape index (κ2) is 5.06. The van der Waals surface area contributed by atoms with Gasteiger partial charge < -0.3 is 10.0 Å². The van der Waals surface area contributed by atoms with E-state index >= 15 is 0 Å². The van der Waals surface area contributed by atoms with Gasteiger partial charge in [0.05, 0.1) is 11.2 Å². The molecule has 2 heterocycles. The van der Waals surface area contributed by atoms with Gasteiger partial charge in [-0.2, -0.15) is 0 Å². The summed E-state index contributed by atoms with van der Waals surface area (Å²) in [5, 5.41) is 9.24. The maximum Gasteiger partial charge on any atom is 0.326 e. The van der Waals surface area contributed by atoms with Crippen LogP contribution in [0.4, 0.5) is 0 Å². The van der Waals surface area contributed by atoms with Gasteiger partial charge in [0.2, 0.25) is 0 Å². The first kappa shape index (κ1) is 13.0. The molecule has 2 atom stereocenters. The molecule has 0 spiro atoms. The van der Waals surface area contributed by atoms with Gasteiger partial charge in [-0.25, -0.2) is 9.78 Å². The lowest BCUT2D eigenvalue weighted by Gasteiger charge is -2.35. The third-order valence-corrected chi connectivity index (χ3v) is 4.27. The molecule has 0 aliphatic carbocycles. The summed E-state index contributed by atoms with van der Waals surface area (Å²) in [6, 6.07) is -0.706. The summed E-state index contributed by atoms with van der Waals surface area (Å²) in [6.45, 7) is 4.30. The number of thiazole rings is 1. The number of carbonyl (C=O) groups excluding carboxylic acids is 1. The van der Waals surface area contributed by atoms with Crippen molar-refractivity contribution in [3.05, 3.63) is 16.1 Å². The minimum Gasteiger partial charge on any atom is -0.480 e. The summed E-state index contributed by atoms with van der Waals surface area (Å²) < 4.78 is 0. The molecule has 18 heavy (non-hydrogen) atoms. The van der Waals surface area contributed by atoms with Crippen LogP contribution in [0.15, 0.2) is 5.51 Å². The van der Waals surface area contributed by atoms with Gasteiger partial charge in [0, 0.05) is 6.54 Å². The quantitative estimate of drug-likeness (QED) is 0.887. The Morgan fingerprint density at radius 3 is 2.83 bits per heavy atom. The average Bonchev–Trinajstić information content (AvgIpc) is 2.74. The minimum absolute atomic E-state index is 0.200. The first-order valence-corrected chi connectivity index (χ1v) is 6.82. The molecule has 2 rings (SSSR count). The van der Waals surface area contributed by atoms with Crippen molar-refractivity contribution in [3.63, 3.8) is 0 Å². The van der Waals surface area contributed by atoms with Crippen LogP contribution in [-0.4, -0.2) is 39.5 Å². The summed E-state index contributed by atoms with van der Waals surface area (Å²) in [6.07, 6.45) is 1.38. The van der Waals surface area contributed by atoms with E-state index in [-0.39, 0.29) is 5.91 Å². The SMILES string of the molecule is Cc1ncsc1C(=O)N1CCC(C)CC1C(=O)O. The Balaban J connectivity index is 2.23. The van der Waals surface area contributed by atoms with Crippen molar-refractivity contribution in [2.24, 2.45) is 5.92 Å². The number of hydrogen-bond acceptors (Lipinski definition) is 4. The highest BCUT2D eigenvalue weighted by atomic mass is 32.1. The van der Waals surface area contributed by atoms with Crippen LogP contribution in [-0.2, 0) is 4.79 Å². The number of hydrogen-bond donors (Lipinski definition) is 1. The fraction of sp³-hybridized carbons (Fsp3) is 0.583. The number of rotatable bonds is 2. The van der Waals surface area contributed by atoms with Crippen molar-refractivity contribution >= 4 is 23.2 Å². The molecule has 1 amide bonds. The zero-order chi connectivity index (χ0) is 13.3. The Kier molecular flexibility index (Phi) is 3.65. The maximum absolute atomic E-state index is 12.3. The van der Waals surface area contributed by atoms with E-state index in [2.05, 4.69) is 4.98 Å². The molecule has 0 bridgehead atoms. The van der Waals surface area contributed by atoms with Crippen LogP contribution < -0.4 is 0 Å². The van der Waals surface area contributed by atoms with Crippen LogP contribution in [0, 0.1) is 12.8 Å². The van der Waals surface area contributed by atoms with Gasteiger partial charge in [-0.15, -0.1) is 11.3 Å². The van der Waals surface area contributed by atoms with Crippen molar-refractivity contribution in [3.8, 4) is 0 Å². The van der Waals surface area contributed by atoms with Crippen molar-refractivity contribution in [2.45, 2.75) is 32.7 Å². The third kappa shape index (κ3) is 2.38. The molecule has 2 unspecified atom stereocenters. The number of aliphatic carboxylic acids is 1. The molecule has 1 saturated heterocycles. The molecule has 1 aromatic rings. The van der Waals surface area contributed by atoms with E-state index in [0.717, 1.165) is 6.42 Å². The Bertz CT molecular complexity index is 472. The number of carboxylic acid groups (broad SMARTS) is 1. The lowest BCUT2D eigenvalue weighted by molar-refractivity contribution is -0.144.